The molecule has 0 aliphatic heterocycles. The van der Waals surface area contributed by atoms with Gasteiger partial charge in [-0.25, -0.2) is 0 Å². The van der Waals surface area contributed by atoms with Gasteiger partial charge in [0.15, 0.2) is 0 Å². The topological polar surface area (TPSA) is 55.6 Å². The largest absolute Gasteiger partial charge is 0.489 e. The van der Waals surface area contributed by atoms with Gasteiger partial charge in [-0.2, -0.15) is 0 Å². The van der Waals surface area contributed by atoms with Crippen LogP contribution in [0, 0.1) is 0 Å². The summed E-state index contributed by atoms with van der Waals surface area (Å²) in [7, 11) is 0. The molecule has 128 valence electrons. The zero-order valence-electron chi connectivity index (χ0n) is 14.4. The summed E-state index contributed by atoms with van der Waals surface area (Å²) >= 11 is 0. The number of nitrogens with zero attached hydrogens (tertiary/aromatic N) is 1. The van der Waals surface area contributed by atoms with E-state index in [-0.39, 0.29) is 5.91 Å². The van der Waals surface area contributed by atoms with E-state index in [1.165, 1.54) is 0 Å². The highest BCUT2D eigenvalue weighted by molar-refractivity contribution is 5.81. The average molecular weight is 326 g/mol. The third kappa shape index (κ3) is 5.10. The Morgan fingerprint density at radius 2 is 1.62 bits per heavy atom. The number of hydrogen-bond donors (Lipinski definition) is 1. The number of amides is 1. The van der Waals surface area contributed by atoms with Crippen LogP contribution in [-0.2, 0) is 17.8 Å². The number of nitrogens with two attached hydrogens (primary N) is 1. The van der Waals surface area contributed by atoms with Crippen LogP contribution in [0.15, 0.2) is 54.6 Å². The molecule has 0 unspecified atom stereocenters. The Morgan fingerprint density at radius 3 is 2.21 bits per heavy atom. The fourth-order valence-corrected chi connectivity index (χ4v) is 2.57. The second-order valence-electron chi connectivity index (χ2n) is 5.74. The lowest BCUT2D eigenvalue weighted by Crippen LogP contribution is -2.44. The molecule has 0 saturated heterocycles. The molecule has 0 bridgehead atoms. The number of carbonyl (C=O) groups is 1. The van der Waals surface area contributed by atoms with Crippen molar-refractivity contribution < 1.29 is 9.53 Å². The maximum absolute atomic E-state index is 12.2. The summed E-state index contributed by atoms with van der Waals surface area (Å²) in [6.45, 7) is 5.85. The molecule has 4 nitrogen and oxygen atoms in total. The van der Waals surface area contributed by atoms with Crippen molar-refractivity contribution in [1.82, 2.24) is 4.90 Å². The van der Waals surface area contributed by atoms with Crippen LogP contribution in [0.2, 0.25) is 0 Å². The van der Waals surface area contributed by atoms with Crippen molar-refractivity contribution >= 4 is 5.91 Å². The van der Waals surface area contributed by atoms with Crippen LogP contribution in [0.3, 0.4) is 0 Å². The van der Waals surface area contributed by atoms with Crippen LogP contribution in [0.4, 0.5) is 0 Å². The van der Waals surface area contributed by atoms with E-state index >= 15 is 0 Å². The molecule has 0 saturated carbocycles. The Kier molecular flexibility index (Phi) is 6.82. The highest BCUT2D eigenvalue weighted by Gasteiger charge is 2.18. The second kappa shape index (κ2) is 9.08. The van der Waals surface area contributed by atoms with E-state index in [2.05, 4.69) is 0 Å². The van der Waals surface area contributed by atoms with E-state index in [1.807, 2.05) is 68.4 Å². The molecule has 0 aromatic heterocycles. The van der Waals surface area contributed by atoms with Gasteiger partial charge in [-0.05, 0) is 43.5 Å². The lowest BCUT2D eigenvalue weighted by atomic mass is 10.1. The maximum atomic E-state index is 12.2. The molecule has 0 aliphatic carbocycles. The lowest BCUT2D eigenvalue weighted by Gasteiger charge is -2.22. The first-order chi connectivity index (χ1) is 11.6. The molecular formula is C20H26N2O2. The standard InChI is InChI=1S/C20H26N2O2/c1-3-22(4-2)20(23)19(21)14-16-10-12-18(13-11-16)24-15-17-8-6-5-7-9-17/h5-13,19H,3-4,14-15,21H2,1-2H3/t19-/m0/s1. The van der Waals surface area contributed by atoms with Gasteiger partial charge < -0.3 is 15.4 Å². The normalized spacial score (nSPS) is 11.8. The molecule has 0 fully saturated rings. The fraction of sp³-hybridized carbons (Fsp3) is 0.350. The Morgan fingerprint density at radius 1 is 1.00 bits per heavy atom. The van der Waals surface area contributed by atoms with Gasteiger partial charge in [-0.3, -0.25) is 4.79 Å². The molecule has 0 spiro atoms. The summed E-state index contributed by atoms with van der Waals surface area (Å²) in [6.07, 6.45) is 0.536. The number of benzene rings is 2. The summed E-state index contributed by atoms with van der Waals surface area (Å²) in [5.41, 5.74) is 8.22. The second-order valence-corrected chi connectivity index (χ2v) is 5.74. The van der Waals surface area contributed by atoms with E-state index in [9.17, 15) is 4.79 Å². The predicted octanol–water partition coefficient (Wildman–Crippen LogP) is 3.00. The van der Waals surface area contributed by atoms with Gasteiger partial charge in [0.05, 0.1) is 6.04 Å². The fourth-order valence-electron chi connectivity index (χ4n) is 2.57. The van der Waals surface area contributed by atoms with Crippen molar-refractivity contribution in [3.63, 3.8) is 0 Å². The van der Waals surface area contributed by atoms with Crippen molar-refractivity contribution in [2.24, 2.45) is 5.73 Å². The highest BCUT2D eigenvalue weighted by Crippen LogP contribution is 2.15. The van der Waals surface area contributed by atoms with E-state index in [1.54, 1.807) is 4.90 Å². The van der Waals surface area contributed by atoms with Gasteiger partial charge in [0.25, 0.3) is 0 Å². The van der Waals surface area contributed by atoms with Crippen molar-refractivity contribution in [2.75, 3.05) is 13.1 Å². The summed E-state index contributed by atoms with van der Waals surface area (Å²) < 4.78 is 5.77. The molecule has 2 aromatic rings. The molecular weight excluding hydrogens is 300 g/mol. The minimum atomic E-state index is -0.499. The van der Waals surface area contributed by atoms with Crippen LogP contribution in [-0.4, -0.2) is 29.9 Å². The molecule has 2 N–H and O–H groups in total. The van der Waals surface area contributed by atoms with Crippen molar-refractivity contribution in [3.8, 4) is 5.75 Å². The summed E-state index contributed by atoms with van der Waals surface area (Å²) in [6, 6.07) is 17.3. The molecule has 0 heterocycles. The van der Waals surface area contributed by atoms with Crippen LogP contribution >= 0.6 is 0 Å². The van der Waals surface area contributed by atoms with Crippen molar-refractivity contribution in [3.05, 3.63) is 65.7 Å². The molecule has 1 atom stereocenters. The summed E-state index contributed by atoms with van der Waals surface area (Å²) in [5, 5.41) is 0. The minimum absolute atomic E-state index is 0.00408. The Bertz CT molecular complexity index is 622. The number of ether oxygens (including phenoxy) is 1. The Hall–Kier alpha value is -2.33. The van der Waals surface area contributed by atoms with Gasteiger partial charge in [0.2, 0.25) is 5.91 Å². The van der Waals surface area contributed by atoms with Gasteiger partial charge in [-0.1, -0.05) is 42.5 Å². The minimum Gasteiger partial charge on any atom is -0.489 e. The average Bonchev–Trinajstić information content (AvgIpc) is 2.63. The molecule has 2 rings (SSSR count). The van der Waals surface area contributed by atoms with Gasteiger partial charge in [-0.15, -0.1) is 0 Å². The first-order valence-electron chi connectivity index (χ1n) is 8.44. The van der Waals surface area contributed by atoms with Crippen LogP contribution in [0.5, 0.6) is 5.75 Å². The molecule has 4 heteroatoms. The third-order valence-electron chi connectivity index (χ3n) is 4.02. The summed E-state index contributed by atoms with van der Waals surface area (Å²) in [5.74, 6) is 0.815. The quantitative estimate of drug-likeness (QED) is 0.811. The molecule has 0 aliphatic rings. The third-order valence-corrected chi connectivity index (χ3v) is 4.02. The first kappa shape index (κ1) is 18.0. The van der Waals surface area contributed by atoms with Gasteiger partial charge >= 0.3 is 0 Å². The molecule has 2 aromatic carbocycles. The number of hydrogen-bond acceptors (Lipinski definition) is 3. The van der Waals surface area contributed by atoms with Crippen LogP contribution < -0.4 is 10.5 Å². The van der Waals surface area contributed by atoms with Crippen LogP contribution in [0.1, 0.15) is 25.0 Å². The number of carbonyl (C=O) groups excluding carboxylic acids is 1. The van der Waals surface area contributed by atoms with Crippen molar-refractivity contribution in [1.29, 1.82) is 0 Å². The molecule has 1 amide bonds. The van der Waals surface area contributed by atoms with Gasteiger partial charge in [0, 0.05) is 13.1 Å². The van der Waals surface area contributed by atoms with E-state index < -0.39 is 6.04 Å². The lowest BCUT2D eigenvalue weighted by molar-refractivity contribution is -0.132. The Labute approximate surface area is 144 Å². The number of likely N-dealkylation sites (N-methyl/N-ethyl adjacent to an activating group) is 1. The zero-order valence-corrected chi connectivity index (χ0v) is 14.4. The first-order valence-corrected chi connectivity index (χ1v) is 8.44. The molecule has 24 heavy (non-hydrogen) atoms. The summed E-state index contributed by atoms with van der Waals surface area (Å²) in [4.78, 5) is 14.0. The van der Waals surface area contributed by atoms with E-state index in [4.69, 9.17) is 10.5 Å². The van der Waals surface area contributed by atoms with Gasteiger partial charge in [0.1, 0.15) is 12.4 Å². The van der Waals surface area contributed by atoms with E-state index in [0.717, 1.165) is 16.9 Å². The zero-order chi connectivity index (χ0) is 17.4. The van der Waals surface area contributed by atoms with Crippen LogP contribution in [0.25, 0.3) is 0 Å². The highest BCUT2D eigenvalue weighted by atomic mass is 16.5. The monoisotopic (exact) mass is 326 g/mol. The number of rotatable bonds is 8. The predicted molar refractivity (Wildman–Crippen MR) is 96.8 cm³/mol. The molecule has 0 radical (unpaired) electrons. The Balaban J connectivity index is 1.88. The van der Waals surface area contributed by atoms with E-state index in [0.29, 0.717) is 26.1 Å². The SMILES string of the molecule is CCN(CC)C(=O)[C@@H](N)Cc1ccc(OCc2ccccc2)cc1. The van der Waals surface area contributed by atoms with Crippen molar-refractivity contribution in [2.45, 2.75) is 32.9 Å². The smallest absolute Gasteiger partial charge is 0.239 e. The maximum Gasteiger partial charge on any atom is 0.239 e.